The zero-order valence-corrected chi connectivity index (χ0v) is 37.4. The van der Waals surface area contributed by atoms with Gasteiger partial charge in [0.15, 0.2) is 86.3 Å². The van der Waals surface area contributed by atoms with Crippen LogP contribution >= 0.6 is 0 Å². The van der Waals surface area contributed by atoms with Crippen LogP contribution in [0, 0.1) is 6.92 Å². The van der Waals surface area contributed by atoms with Gasteiger partial charge in [-0.05, 0) is 12.4 Å². The van der Waals surface area contributed by atoms with Gasteiger partial charge in [0.2, 0.25) is 51.7 Å². The van der Waals surface area contributed by atoms with Crippen molar-refractivity contribution in [2.24, 2.45) is 0 Å². The maximum atomic E-state index is 12.5. The zero-order valence-electron chi connectivity index (χ0n) is 37.4. The molecule has 76 heavy (non-hydrogen) atoms. The molecular weight excluding hydrogens is 1020 g/mol. The number of hydrogen-bond donors (Lipinski definition) is 24. The maximum absolute atomic E-state index is 12.5. The van der Waals surface area contributed by atoms with E-state index in [4.69, 9.17) is 4.42 Å². The van der Waals surface area contributed by atoms with Gasteiger partial charge in [-0.1, -0.05) is 0 Å². The number of rotatable bonds is 4. The summed E-state index contributed by atoms with van der Waals surface area (Å²) in [7, 11) is 1.33. The molecule has 386 valence electrons. The van der Waals surface area contributed by atoms with Crippen LogP contribution < -0.4 is 5.46 Å². The molecule has 4 aromatic heterocycles. The summed E-state index contributed by atoms with van der Waals surface area (Å²) in [4.78, 5) is 11.5. The minimum atomic E-state index is -1.73. The highest BCUT2D eigenvalue weighted by molar-refractivity contribution is 6.47. The molecule has 0 saturated carbocycles. The Bertz CT molecular complexity index is 4460. The van der Waals surface area contributed by atoms with Crippen LogP contribution in [0.5, 0.6) is 138 Å². The van der Waals surface area contributed by atoms with Crippen molar-refractivity contribution >= 4 is 73.3 Å². The average Bonchev–Trinajstić information content (AvgIpc) is 4.20. The summed E-state index contributed by atoms with van der Waals surface area (Å²) >= 11 is 0. The number of phenols is 24. The Labute approximate surface area is 414 Å². The van der Waals surface area contributed by atoms with E-state index in [1.165, 1.54) is 14.8 Å². The minimum Gasteiger partial charge on any atom is -0.508 e. The Morgan fingerprint density at radius 1 is 0.276 bits per heavy atom. The molecule has 0 spiro atoms. The third kappa shape index (κ3) is 5.22. The lowest BCUT2D eigenvalue weighted by molar-refractivity contribution is 0.329. The monoisotopic (exact) mass is 1050 g/mol. The summed E-state index contributed by atoms with van der Waals surface area (Å²) in [6.45, 7) is 1.30. The molecule has 0 aliphatic heterocycles. The molecule has 11 rings (SSSR count). The summed E-state index contributed by atoms with van der Waals surface area (Å²) in [6, 6.07) is 0. The molecule has 0 bridgehead atoms. The van der Waals surface area contributed by atoms with Crippen molar-refractivity contribution in [1.82, 2.24) is 19.4 Å². The lowest BCUT2D eigenvalue weighted by Gasteiger charge is -2.19. The summed E-state index contributed by atoms with van der Waals surface area (Å²) in [5.74, 6) is -37.9. The second-order valence-corrected chi connectivity index (χ2v) is 17.2. The van der Waals surface area contributed by atoms with E-state index < -0.39 is 238 Å². The lowest BCUT2D eigenvalue weighted by atomic mass is 9.86. The van der Waals surface area contributed by atoms with Gasteiger partial charge in [0, 0.05) is 10.9 Å². The van der Waals surface area contributed by atoms with Gasteiger partial charge in [-0.25, -0.2) is 15.0 Å². The molecule has 7 aromatic carbocycles. The van der Waals surface area contributed by atoms with E-state index in [1.54, 1.807) is 0 Å². The van der Waals surface area contributed by atoms with Crippen molar-refractivity contribution in [3.8, 4) is 183 Å². The first-order chi connectivity index (χ1) is 35.6. The number of aromatic hydroxyl groups is 24. The molecule has 0 unspecified atom stereocenters. The van der Waals surface area contributed by atoms with Gasteiger partial charge < -0.3 is 131 Å². The van der Waals surface area contributed by atoms with Gasteiger partial charge in [0.25, 0.3) is 0 Å². The normalized spacial score (nSPS) is 12.0. The minimum absolute atomic E-state index is 0.0562. The topological polar surface area (TPSA) is 542 Å². The van der Waals surface area contributed by atoms with Gasteiger partial charge in [-0.2, -0.15) is 0 Å². The van der Waals surface area contributed by atoms with E-state index in [-0.39, 0.29) is 16.4 Å². The number of benzene rings is 7. The average molecular weight is 1050 g/mol. The van der Waals surface area contributed by atoms with E-state index >= 15 is 0 Å². The summed E-state index contributed by atoms with van der Waals surface area (Å²) in [5.41, 5.74) is -9.88. The summed E-state index contributed by atoms with van der Waals surface area (Å²) in [5, 5.41) is 264. The Kier molecular flexibility index (Phi) is 8.94. The predicted molar refractivity (Wildman–Crippen MR) is 256 cm³/mol. The number of nitrogens with zero attached hydrogens (tertiary/aromatic N) is 4. The first-order valence-electron chi connectivity index (χ1n) is 21.0. The van der Waals surface area contributed by atoms with Crippen molar-refractivity contribution < 1.29 is 127 Å². The number of fused-ring (bicyclic) bond motifs is 10. The van der Waals surface area contributed by atoms with Crippen LogP contribution in [0.1, 0.15) is 5.56 Å². The van der Waals surface area contributed by atoms with E-state index in [0.29, 0.717) is 0 Å². The summed E-state index contributed by atoms with van der Waals surface area (Å²) in [6.07, 6.45) is 0. The van der Waals surface area contributed by atoms with Crippen LogP contribution in [0.3, 0.4) is 0 Å². The highest BCUT2D eigenvalue weighted by Crippen LogP contribution is 2.66. The molecule has 0 aliphatic rings. The van der Waals surface area contributed by atoms with Gasteiger partial charge in [0.1, 0.15) is 64.2 Å². The Hall–Kier alpha value is -11.6. The quantitative estimate of drug-likeness (QED) is 0.0684. The smallest absolute Gasteiger partial charge is 0.208 e. The second kappa shape index (κ2) is 14.5. The molecule has 0 aliphatic carbocycles. The fourth-order valence-electron chi connectivity index (χ4n) is 9.72. The van der Waals surface area contributed by atoms with Crippen LogP contribution in [0.15, 0.2) is 4.42 Å². The van der Waals surface area contributed by atoms with E-state index in [1.807, 2.05) is 0 Å². The van der Waals surface area contributed by atoms with Gasteiger partial charge in [-0.3, -0.25) is 0 Å². The van der Waals surface area contributed by atoms with Crippen LogP contribution in [-0.4, -0.2) is 150 Å². The molecule has 24 N–H and O–H groups in total. The molecular formula is C46H29BN4O25. The van der Waals surface area contributed by atoms with E-state index in [9.17, 15) is 123 Å². The number of aromatic nitrogens is 4. The Morgan fingerprint density at radius 3 is 1.08 bits per heavy atom. The lowest BCUT2D eigenvalue weighted by Crippen LogP contribution is -2.05. The fraction of sp³-hybridized carbons (Fsp3) is 0.0217. The highest BCUT2D eigenvalue weighted by Gasteiger charge is 2.40. The molecule has 30 heteroatoms. The second-order valence-electron chi connectivity index (χ2n) is 17.2. The first-order valence-corrected chi connectivity index (χ1v) is 21.0. The third-order valence-electron chi connectivity index (χ3n) is 13.4. The Balaban J connectivity index is 1.31. The van der Waals surface area contributed by atoms with Gasteiger partial charge in [0.05, 0.1) is 43.6 Å². The number of furan rings is 1. The van der Waals surface area contributed by atoms with Gasteiger partial charge >= 0.3 is 0 Å². The van der Waals surface area contributed by atoms with Crippen LogP contribution in [-0.2, 0) is 0 Å². The number of phenolic OH excluding ortho intramolecular Hbond substituents is 24. The Morgan fingerprint density at radius 2 is 0.605 bits per heavy atom. The molecule has 0 radical (unpaired) electrons. The molecule has 0 saturated heterocycles. The summed E-state index contributed by atoms with van der Waals surface area (Å²) < 4.78 is 6.82. The van der Waals surface area contributed by atoms with Gasteiger partial charge in [-0.15, -0.1) is 0 Å². The largest absolute Gasteiger partial charge is 0.508 e. The van der Waals surface area contributed by atoms with Crippen molar-refractivity contribution in [3.05, 3.63) is 5.56 Å². The van der Waals surface area contributed by atoms with E-state index in [0.717, 1.165) is 4.40 Å². The molecule has 0 fully saturated rings. The molecule has 0 atom stereocenters. The molecule has 0 amide bonds. The van der Waals surface area contributed by atoms with E-state index in [2.05, 4.69) is 15.0 Å². The third-order valence-corrected chi connectivity index (χ3v) is 13.4. The zero-order chi connectivity index (χ0) is 55.4. The van der Waals surface area contributed by atoms with Crippen LogP contribution in [0.4, 0.5) is 0 Å². The maximum Gasteiger partial charge on any atom is 0.208 e. The molecule has 4 heterocycles. The van der Waals surface area contributed by atoms with Crippen molar-refractivity contribution in [1.29, 1.82) is 0 Å². The SMILES string of the molecule is Bc1c(O)c(C)c(O)c2oc3c(c(O)c4c5c(O)c(-c6c(O)c(O)c(O)c(-c7nc(-c8c(O)c(O)c(O)c(O)c8O)nc(-c8c(O)c(O)c(O)c(O)c8O)n7)c6O)c(O)c(O)c5n5c6c(O)c(O)c(O)c(O)c6c3c45)c12. The fourth-order valence-corrected chi connectivity index (χ4v) is 9.72. The van der Waals surface area contributed by atoms with Crippen molar-refractivity contribution in [2.45, 2.75) is 6.92 Å². The molecule has 11 aromatic rings. The van der Waals surface area contributed by atoms with Crippen LogP contribution in [0.2, 0.25) is 0 Å². The highest BCUT2D eigenvalue weighted by atomic mass is 16.4. The first kappa shape index (κ1) is 46.8. The predicted octanol–water partition coefficient (Wildman–Crippen LogP) is 3.09. The van der Waals surface area contributed by atoms with Crippen molar-refractivity contribution in [2.75, 3.05) is 0 Å². The molecule has 29 nitrogen and oxygen atoms in total. The van der Waals surface area contributed by atoms with Crippen LogP contribution in [0.25, 0.3) is 105 Å². The van der Waals surface area contributed by atoms with Crippen molar-refractivity contribution in [3.63, 3.8) is 0 Å². The number of hydrogen-bond acceptors (Lipinski definition) is 28. The standard InChI is InChI=1S/C46H29BN4O25/c1-2-18(52)14(47)3-10-21(55)4-5-16(51-15(4)7(42(10)76-43(3)19(2)53)6-17(51)32(66)39(73)34(68)23(6)57)31(65)24(58)8(20(5)54)9-22(56)11(26(60)33(67)25(9)59)44-48-45(12-27(61)35(69)40(74)36(70)28(12)62)50-46(49-44)13-29(63)37(71)41(75)38(72)30(13)64/h52-75H,47H2,1H3.